The van der Waals surface area contributed by atoms with Crippen molar-refractivity contribution in [3.63, 3.8) is 0 Å². The Labute approximate surface area is 187 Å². The van der Waals surface area contributed by atoms with E-state index in [0.29, 0.717) is 12.2 Å². The van der Waals surface area contributed by atoms with E-state index in [-0.39, 0.29) is 11.3 Å². The quantitative estimate of drug-likeness (QED) is 0.356. The molecular weight excluding hydrogens is 434 g/mol. The van der Waals surface area contributed by atoms with Crippen molar-refractivity contribution < 1.29 is 18.3 Å². The molecule has 0 unspecified atom stereocenters. The number of methoxy groups -OCH3 is 1. The van der Waals surface area contributed by atoms with Gasteiger partial charge in [0.15, 0.2) is 0 Å². The summed E-state index contributed by atoms with van der Waals surface area (Å²) in [6.45, 7) is -2.57. The summed E-state index contributed by atoms with van der Waals surface area (Å²) >= 11 is 1.34. The lowest BCUT2D eigenvalue weighted by Crippen LogP contribution is -2.16. The highest BCUT2D eigenvalue weighted by Gasteiger charge is 2.17. The first-order chi connectivity index (χ1) is 15.5. The van der Waals surface area contributed by atoms with E-state index in [1.54, 1.807) is 23.2 Å². The summed E-state index contributed by atoms with van der Waals surface area (Å²) in [4.78, 5) is 14.1. The van der Waals surface area contributed by atoms with Gasteiger partial charge in [0.1, 0.15) is 17.2 Å². The van der Waals surface area contributed by atoms with Crippen LogP contribution in [-0.2, 0) is 6.54 Å². The highest BCUT2D eigenvalue weighted by molar-refractivity contribution is 7.10. The minimum absolute atomic E-state index is 0.0779. The zero-order valence-electron chi connectivity index (χ0n) is 17.1. The molecule has 0 aliphatic heterocycles. The zero-order chi connectivity index (χ0) is 22.5. The number of alkyl halides is 2. The third kappa shape index (κ3) is 4.97. The largest absolute Gasteiger partial charge is 0.497 e. The highest BCUT2D eigenvalue weighted by atomic mass is 32.1. The molecule has 1 aromatic heterocycles. The summed E-state index contributed by atoms with van der Waals surface area (Å²) in [6.07, 6.45) is 0. The molecule has 1 N–H and O–H groups in total. The van der Waals surface area contributed by atoms with Gasteiger partial charge < -0.3 is 14.8 Å². The lowest BCUT2D eigenvalue weighted by atomic mass is 10.1. The Bertz CT molecular complexity index is 1220. The van der Waals surface area contributed by atoms with Crippen LogP contribution >= 0.6 is 11.5 Å². The van der Waals surface area contributed by atoms with Gasteiger partial charge in [-0.15, -0.1) is 0 Å². The van der Waals surface area contributed by atoms with Crippen LogP contribution in [0, 0.1) is 0 Å². The number of ether oxygens (including phenoxy) is 2. The number of benzene rings is 3. The third-order valence-corrected chi connectivity index (χ3v) is 5.88. The lowest BCUT2D eigenvalue weighted by Gasteiger charge is -2.07. The van der Waals surface area contributed by atoms with Crippen LogP contribution in [0.15, 0.2) is 83.7 Å². The minimum atomic E-state index is -2.87. The van der Waals surface area contributed by atoms with Crippen molar-refractivity contribution in [1.29, 1.82) is 0 Å². The van der Waals surface area contributed by atoms with Gasteiger partial charge in [0.25, 0.3) is 5.56 Å². The normalized spacial score (nSPS) is 10.9. The number of rotatable bonds is 8. The summed E-state index contributed by atoms with van der Waals surface area (Å²) in [7, 11) is 1.60. The molecule has 0 aliphatic carbocycles. The van der Waals surface area contributed by atoms with Crippen molar-refractivity contribution in [2.45, 2.75) is 13.2 Å². The first kappa shape index (κ1) is 21.6. The third-order valence-electron chi connectivity index (χ3n) is 4.74. The van der Waals surface area contributed by atoms with Crippen molar-refractivity contribution in [2.24, 2.45) is 0 Å². The van der Waals surface area contributed by atoms with Gasteiger partial charge in [0.05, 0.1) is 18.5 Å². The van der Waals surface area contributed by atoms with E-state index < -0.39 is 6.61 Å². The summed E-state index contributed by atoms with van der Waals surface area (Å²) in [5, 5.41) is 3.25. The molecule has 4 rings (SSSR count). The van der Waals surface area contributed by atoms with Crippen LogP contribution in [0.5, 0.6) is 11.5 Å². The standard InChI is InChI=1S/C24H20F2N2O3S/c1-30-19-13-9-18(10-14-19)27-21-22(17-5-3-2-4-6-17)32-28(23(21)29)15-16-7-11-20(12-8-16)31-24(25)26/h2-14,24,27H,15H2,1H3. The molecule has 5 nitrogen and oxygen atoms in total. The van der Waals surface area contributed by atoms with Crippen LogP contribution in [0.1, 0.15) is 5.56 Å². The first-order valence-corrected chi connectivity index (χ1v) is 10.5. The summed E-state index contributed by atoms with van der Waals surface area (Å²) < 4.78 is 36.0. The Morgan fingerprint density at radius 3 is 2.22 bits per heavy atom. The molecule has 32 heavy (non-hydrogen) atoms. The maximum Gasteiger partial charge on any atom is 0.387 e. The number of aromatic nitrogens is 1. The van der Waals surface area contributed by atoms with Crippen LogP contribution in [-0.4, -0.2) is 17.7 Å². The number of nitrogens with one attached hydrogen (secondary N) is 1. The predicted octanol–water partition coefficient (Wildman–Crippen LogP) is 5.98. The van der Waals surface area contributed by atoms with E-state index >= 15 is 0 Å². The number of hydrogen-bond donors (Lipinski definition) is 1. The minimum Gasteiger partial charge on any atom is -0.497 e. The van der Waals surface area contributed by atoms with Gasteiger partial charge >= 0.3 is 6.61 Å². The van der Waals surface area contributed by atoms with Gasteiger partial charge in [-0.3, -0.25) is 8.75 Å². The molecule has 0 bridgehead atoms. The monoisotopic (exact) mass is 454 g/mol. The maximum absolute atomic E-state index is 13.3. The molecule has 0 fully saturated rings. The fraction of sp³-hybridized carbons (Fsp3) is 0.125. The number of hydrogen-bond acceptors (Lipinski definition) is 5. The van der Waals surface area contributed by atoms with E-state index in [9.17, 15) is 13.6 Å². The van der Waals surface area contributed by atoms with Crippen LogP contribution < -0.4 is 20.3 Å². The van der Waals surface area contributed by atoms with Gasteiger partial charge in [0, 0.05) is 5.69 Å². The number of anilines is 2. The van der Waals surface area contributed by atoms with Gasteiger partial charge in [0.2, 0.25) is 0 Å². The Hall–Kier alpha value is -3.65. The van der Waals surface area contributed by atoms with Crippen LogP contribution in [0.25, 0.3) is 10.4 Å². The second-order valence-corrected chi connectivity index (χ2v) is 7.91. The number of nitrogens with zero attached hydrogens (tertiary/aromatic N) is 1. The zero-order valence-corrected chi connectivity index (χ0v) is 17.9. The highest BCUT2D eigenvalue weighted by Crippen LogP contribution is 2.33. The molecule has 1 heterocycles. The topological polar surface area (TPSA) is 52.5 Å². The molecule has 4 aromatic rings. The van der Waals surface area contributed by atoms with Crippen molar-refractivity contribution in [3.05, 3.63) is 94.8 Å². The van der Waals surface area contributed by atoms with Crippen LogP contribution in [0.3, 0.4) is 0 Å². The Morgan fingerprint density at radius 2 is 1.59 bits per heavy atom. The molecule has 3 aromatic carbocycles. The van der Waals surface area contributed by atoms with Gasteiger partial charge in [-0.1, -0.05) is 54.0 Å². The molecule has 0 radical (unpaired) electrons. The second kappa shape index (κ2) is 9.65. The smallest absolute Gasteiger partial charge is 0.387 e. The van der Waals surface area contributed by atoms with Crippen molar-refractivity contribution in [2.75, 3.05) is 12.4 Å². The van der Waals surface area contributed by atoms with Crippen molar-refractivity contribution >= 4 is 22.9 Å². The average Bonchev–Trinajstić information content (AvgIpc) is 3.11. The fourth-order valence-electron chi connectivity index (χ4n) is 3.18. The fourth-order valence-corrected chi connectivity index (χ4v) is 4.26. The van der Waals surface area contributed by atoms with E-state index in [1.165, 1.54) is 23.7 Å². The van der Waals surface area contributed by atoms with E-state index in [0.717, 1.165) is 27.4 Å². The van der Waals surface area contributed by atoms with Gasteiger partial charge in [-0.2, -0.15) is 8.78 Å². The van der Waals surface area contributed by atoms with Crippen LogP contribution in [0.4, 0.5) is 20.2 Å². The van der Waals surface area contributed by atoms with E-state index in [1.807, 2.05) is 54.6 Å². The molecule has 0 atom stereocenters. The molecule has 0 saturated heterocycles. The summed E-state index contributed by atoms with van der Waals surface area (Å²) in [6, 6.07) is 23.3. The van der Waals surface area contributed by atoms with Crippen molar-refractivity contribution in [3.8, 4) is 21.9 Å². The Morgan fingerprint density at radius 1 is 0.938 bits per heavy atom. The summed E-state index contributed by atoms with van der Waals surface area (Å²) in [5.41, 5.74) is 2.79. The maximum atomic E-state index is 13.3. The SMILES string of the molecule is COc1ccc(Nc2c(-c3ccccc3)sn(Cc3ccc(OC(F)F)cc3)c2=O)cc1. The van der Waals surface area contributed by atoms with Gasteiger partial charge in [-0.25, -0.2) is 0 Å². The molecule has 0 spiro atoms. The molecule has 0 aliphatic rings. The van der Waals surface area contributed by atoms with Gasteiger partial charge in [-0.05, 0) is 47.5 Å². The molecule has 0 saturated carbocycles. The molecule has 8 heteroatoms. The second-order valence-electron chi connectivity index (χ2n) is 6.88. The Balaban J connectivity index is 1.66. The van der Waals surface area contributed by atoms with E-state index in [2.05, 4.69) is 10.1 Å². The van der Waals surface area contributed by atoms with E-state index in [4.69, 9.17) is 4.74 Å². The summed E-state index contributed by atoms with van der Waals surface area (Å²) in [5.74, 6) is 0.801. The molecule has 0 amide bonds. The molecule has 164 valence electrons. The Kier molecular flexibility index (Phi) is 6.51. The average molecular weight is 454 g/mol. The lowest BCUT2D eigenvalue weighted by molar-refractivity contribution is -0.0498. The number of halogens is 2. The van der Waals surface area contributed by atoms with Crippen molar-refractivity contribution in [1.82, 2.24) is 3.96 Å². The molecular formula is C24H20F2N2O3S. The van der Waals surface area contributed by atoms with Crippen LogP contribution in [0.2, 0.25) is 0 Å². The predicted molar refractivity (Wildman–Crippen MR) is 122 cm³/mol. The first-order valence-electron chi connectivity index (χ1n) is 9.78.